The second-order valence-corrected chi connectivity index (χ2v) is 7.48. The zero-order chi connectivity index (χ0) is 19.8. The molecule has 1 N–H and O–H groups in total. The summed E-state index contributed by atoms with van der Waals surface area (Å²) in [5, 5.41) is 2.71. The molecule has 0 spiro atoms. The molecule has 28 heavy (non-hydrogen) atoms. The van der Waals surface area contributed by atoms with Gasteiger partial charge in [-0.15, -0.1) is 0 Å². The number of hydrogen-bond donors (Lipinski definition) is 1. The lowest BCUT2D eigenvalue weighted by atomic mass is 9.85. The van der Waals surface area contributed by atoms with Gasteiger partial charge in [0.05, 0.1) is 11.8 Å². The van der Waals surface area contributed by atoms with E-state index < -0.39 is 25.0 Å². The lowest BCUT2D eigenvalue weighted by Crippen LogP contribution is -2.38. The number of nitrogens with zero attached hydrogens (tertiary/aromatic N) is 1. The molecule has 1 saturated carbocycles. The van der Waals surface area contributed by atoms with Crippen LogP contribution in [0, 0.1) is 23.7 Å². The molecule has 1 aromatic carbocycles. The van der Waals surface area contributed by atoms with Crippen molar-refractivity contribution in [2.45, 2.75) is 19.8 Å². The Bertz CT molecular complexity index is 847. The SMILES string of the molecule is CCc1ccccc1NC(=O)COC(=O)CN1C(=O)[C@@H]2[C@@H](C1=O)[C@H]1C=C[C@@H]2C1. The number of ether oxygens (including phenoxy) is 1. The molecule has 7 nitrogen and oxygen atoms in total. The second-order valence-electron chi connectivity index (χ2n) is 7.48. The molecule has 0 radical (unpaired) electrons. The maximum absolute atomic E-state index is 12.6. The van der Waals surface area contributed by atoms with Crippen molar-refractivity contribution in [3.8, 4) is 0 Å². The smallest absolute Gasteiger partial charge is 0.326 e. The molecular formula is C21H22N2O5. The van der Waals surface area contributed by atoms with Crippen LogP contribution in [0.2, 0.25) is 0 Å². The van der Waals surface area contributed by atoms with Gasteiger partial charge in [-0.3, -0.25) is 24.1 Å². The average Bonchev–Trinajstić information content (AvgIpc) is 3.37. The first-order valence-electron chi connectivity index (χ1n) is 9.56. The second kappa shape index (κ2) is 7.22. The summed E-state index contributed by atoms with van der Waals surface area (Å²) in [6.45, 7) is 1.07. The molecular weight excluding hydrogens is 360 g/mol. The van der Waals surface area contributed by atoms with Crippen molar-refractivity contribution in [2.75, 3.05) is 18.5 Å². The number of aryl methyl sites for hydroxylation is 1. The Hall–Kier alpha value is -2.96. The Morgan fingerprint density at radius 2 is 1.75 bits per heavy atom. The molecule has 2 fully saturated rings. The fourth-order valence-corrected chi connectivity index (χ4v) is 4.58. The summed E-state index contributed by atoms with van der Waals surface area (Å²) in [6.07, 6.45) is 5.59. The Kier molecular flexibility index (Phi) is 4.75. The van der Waals surface area contributed by atoms with Gasteiger partial charge in [0.2, 0.25) is 11.8 Å². The Labute approximate surface area is 162 Å². The van der Waals surface area contributed by atoms with Crippen LogP contribution in [0.3, 0.4) is 0 Å². The maximum atomic E-state index is 12.6. The number of imide groups is 1. The van der Waals surface area contributed by atoms with E-state index in [1.165, 1.54) is 0 Å². The number of rotatable bonds is 6. The van der Waals surface area contributed by atoms with E-state index in [2.05, 4.69) is 5.32 Å². The van der Waals surface area contributed by atoms with Gasteiger partial charge in [0, 0.05) is 5.69 Å². The Morgan fingerprint density at radius 1 is 1.11 bits per heavy atom. The van der Waals surface area contributed by atoms with Crippen LogP contribution < -0.4 is 5.32 Å². The fourth-order valence-electron chi connectivity index (χ4n) is 4.58. The highest BCUT2D eigenvalue weighted by Gasteiger charge is 2.59. The predicted molar refractivity (Wildman–Crippen MR) is 99.8 cm³/mol. The molecule has 1 heterocycles. The number of para-hydroxylation sites is 1. The van der Waals surface area contributed by atoms with Crippen molar-refractivity contribution in [1.82, 2.24) is 4.90 Å². The molecule has 2 aliphatic carbocycles. The van der Waals surface area contributed by atoms with Crippen LogP contribution in [-0.4, -0.2) is 41.7 Å². The van der Waals surface area contributed by atoms with Gasteiger partial charge in [-0.25, -0.2) is 0 Å². The average molecular weight is 382 g/mol. The molecule has 146 valence electrons. The van der Waals surface area contributed by atoms with Crippen LogP contribution in [0.15, 0.2) is 36.4 Å². The summed E-state index contributed by atoms with van der Waals surface area (Å²) in [7, 11) is 0. The summed E-state index contributed by atoms with van der Waals surface area (Å²) in [6, 6.07) is 7.38. The topological polar surface area (TPSA) is 92.8 Å². The summed E-state index contributed by atoms with van der Waals surface area (Å²) in [4.78, 5) is 50.3. The quantitative estimate of drug-likeness (QED) is 0.458. The van der Waals surface area contributed by atoms with Gasteiger partial charge < -0.3 is 10.1 Å². The van der Waals surface area contributed by atoms with Gasteiger partial charge >= 0.3 is 5.97 Å². The fraction of sp³-hybridized carbons (Fsp3) is 0.429. The summed E-state index contributed by atoms with van der Waals surface area (Å²) >= 11 is 0. The molecule has 4 rings (SSSR count). The highest BCUT2D eigenvalue weighted by atomic mass is 16.5. The van der Waals surface area contributed by atoms with Crippen molar-refractivity contribution in [2.24, 2.45) is 23.7 Å². The number of carbonyl (C=O) groups excluding carboxylic acids is 4. The molecule has 0 aromatic heterocycles. The molecule has 1 saturated heterocycles. The maximum Gasteiger partial charge on any atom is 0.326 e. The third kappa shape index (κ3) is 3.10. The zero-order valence-corrected chi connectivity index (χ0v) is 15.6. The van der Waals surface area contributed by atoms with E-state index in [0.29, 0.717) is 5.69 Å². The standard InChI is InChI=1S/C21H22N2O5/c1-2-12-5-3-4-6-15(12)22-16(24)11-28-17(25)10-23-20(26)18-13-7-8-14(9-13)19(18)21(23)27/h3-8,13-14,18-19H,2,9-11H2,1H3,(H,22,24)/t13-,14+,18-,19-/m0/s1. The minimum absolute atomic E-state index is 0.0943. The van der Waals surface area contributed by atoms with E-state index >= 15 is 0 Å². The largest absolute Gasteiger partial charge is 0.454 e. The summed E-state index contributed by atoms with van der Waals surface area (Å²) < 4.78 is 4.99. The number of benzene rings is 1. The van der Waals surface area contributed by atoms with Crippen molar-refractivity contribution >= 4 is 29.4 Å². The van der Waals surface area contributed by atoms with Gasteiger partial charge in [-0.1, -0.05) is 37.3 Å². The van der Waals surface area contributed by atoms with Crippen LogP contribution in [0.1, 0.15) is 18.9 Å². The van der Waals surface area contributed by atoms with Crippen molar-refractivity contribution in [3.05, 3.63) is 42.0 Å². The number of anilines is 1. The zero-order valence-electron chi connectivity index (χ0n) is 15.6. The van der Waals surface area contributed by atoms with Crippen molar-refractivity contribution in [3.63, 3.8) is 0 Å². The summed E-state index contributed by atoms with van der Waals surface area (Å²) in [5.41, 5.74) is 1.65. The van der Waals surface area contributed by atoms with E-state index in [4.69, 9.17) is 4.74 Å². The first-order chi connectivity index (χ1) is 13.5. The van der Waals surface area contributed by atoms with E-state index in [1.807, 2.05) is 37.3 Å². The molecule has 3 amide bonds. The van der Waals surface area contributed by atoms with Crippen LogP contribution in [-0.2, 0) is 30.3 Å². The lowest BCUT2D eigenvalue weighted by molar-refractivity contribution is -0.154. The molecule has 2 bridgehead atoms. The number of fused-ring (bicyclic) bond motifs is 5. The van der Waals surface area contributed by atoms with E-state index in [9.17, 15) is 19.2 Å². The third-order valence-corrected chi connectivity index (χ3v) is 5.89. The normalized spacial score (nSPS) is 27.2. The van der Waals surface area contributed by atoms with E-state index in [1.54, 1.807) is 6.07 Å². The number of nitrogens with one attached hydrogen (secondary N) is 1. The van der Waals surface area contributed by atoms with Crippen LogP contribution in [0.4, 0.5) is 5.69 Å². The first-order valence-corrected chi connectivity index (χ1v) is 9.56. The van der Waals surface area contributed by atoms with Crippen molar-refractivity contribution < 1.29 is 23.9 Å². The first kappa shape index (κ1) is 18.4. The lowest BCUT2D eigenvalue weighted by Gasteiger charge is -2.16. The number of hydrogen-bond acceptors (Lipinski definition) is 5. The van der Waals surface area contributed by atoms with Crippen LogP contribution in [0.25, 0.3) is 0 Å². The molecule has 1 aliphatic heterocycles. The van der Waals surface area contributed by atoms with Gasteiger partial charge in [0.25, 0.3) is 5.91 Å². The van der Waals surface area contributed by atoms with Crippen LogP contribution >= 0.6 is 0 Å². The van der Waals surface area contributed by atoms with Crippen LogP contribution in [0.5, 0.6) is 0 Å². The van der Waals surface area contributed by atoms with Crippen molar-refractivity contribution in [1.29, 1.82) is 0 Å². The van der Waals surface area contributed by atoms with Gasteiger partial charge in [-0.2, -0.15) is 0 Å². The molecule has 7 heteroatoms. The number of amides is 3. The highest BCUT2D eigenvalue weighted by molar-refractivity contribution is 6.08. The van der Waals surface area contributed by atoms with Gasteiger partial charge in [0.1, 0.15) is 6.54 Å². The van der Waals surface area contributed by atoms with E-state index in [0.717, 1.165) is 23.3 Å². The molecule has 3 aliphatic rings. The van der Waals surface area contributed by atoms with E-state index in [-0.39, 0.29) is 35.5 Å². The summed E-state index contributed by atoms with van der Waals surface area (Å²) in [5.74, 6) is -2.33. The minimum Gasteiger partial charge on any atom is -0.454 e. The number of allylic oxidation sites excluding steroid dienone is 2. The molecule has 4 atom stereocenters. The third-order valence-electron chi connectivity index (χ3n) is 5.89. The Morgan fingerprint density at radius 3 is 2.39 bits per heavy atom. The number of likely N-dealkylation sites (tertiary alicyclic amines) is 1. The number of carbonyl (C=O) groups is 4. The molecule has 0 unspecified atom stereocenters. The molecule has 1 aromatic rings. The minimum atomic E-state index is -0.763. The number of esters is 1. The Balaban J connectivity index is 1.30. The monoisotopic (exact) mass is 382 g/mol. The van der Waals surface area contributed by atoms with Gasteiger partial charge in [0.15, 0.2) is 6.61 Å². The highest BCUT2D eigenvalue weighted by Crippen LogP contribution is 2.52. The van der Waals surface area contributed by atoms with Gasteiger partial charge in [-0.05, 0) is 36.3 Å². The predicted octanol–water partition coefficient (Wildman–Crippen LogP) is 1.54.